The maximum absolute atomic E-state index is 11.8. The third-order valence-electron chi connectivity index (χ3n) is 2.92. The fourth-order valence-corrected chi connectivity index (χ4v) is 2.91. The molecular weight excluding hydrogens is 344 g/mol. The summed E-state index contributed by atoms with van der Waals surface area (Å²) in [5.74, 6) is 2.14. The van der Waals surface area contributed by atoms with Crippen LogP contribution in [-0.2, 0) is 11.3 Å². The predicted octanol–water partition coefficient (Wildman–Crippen LogP) is 1.87. The summed E-state index contributed by atoms with van der Waals surface area (Å²) in [5.41, 5.74) is 6.74. The quantitative estimate of drug-likeness (QED) is 0.809. The minimum absolute atomic E-state index is 0.132. The van der Waals surface area contributed by atoms with E-state index in [1.165, 1.54) is 0 Å². The number of benzene rings is 1. The van der Waals surface area contributed by atoms with Crippen LogP contribution < -0.4 is 20.5 Å². The van der Waals surface area contributed by atoms with E-state index in [0.29, 0.717) is 24.5 Å². The summed E-state index contributed by atoms with van der Waals surface area (Å²) < 4.78 is 11.5. The summed E-state index contributed by atoms with van der Waals surface area (Å²) in [5, 5.41) is 2.84. The first-order valence-corrected chi connectivity index (χ1v) is 8.40. The van der Waals surface area contributed by atoms with Gasteiger partial charge in [0.25, 0.3) is 0 Å². The fourth-order valence-electron chi connectivity index (χ4n) is 1.82. The number of nitrogens with two attached hydrogens (primary N) is 1. The number of nitrogens with one attached hydrogen (secondary N) is 1. The largest absolute Gasteiger partial charge is 0.454 e. The topological polar surface area (TPSA) is 73.6 Å². The van der Waals surface area contributed by atoms with Crippen molar-refractivity contribution in [2.75, 3.05) is 18.8 Å². The maximum atomic E-state index is 11.8. The highest BCUT2D eigenvalue weighted by molar-refractivity contribution is 9.10. The van der Waals surface area contributed by atoms with Crippen molar-refractivity contribution in [3.63, 3.8) is 0 Å². The molecule has 20 heavy (non-hydrogen) atoms. The molecule has 7 heteroatoms. The number of carbonyl (C=O) groups is 1. The zero-order valence-corrected chi connectivity index (χ0v) is 13.6. The second-order valence-corrected chi connectivity index (χ2v) is 6.26. The van der Waals surface area contributed by atoms with Gasteiger partial charge in [-0.05, 0) is 52.1 Å². The molecule has 1 heterocycles. The van der Waals surface area contributed by atoms with Gasteiger partial charge < -0.3 is 20.5 Å². The Labute approximate surface area is 130 Å². The molecule has 3 N–H and O–H groups in total. The van der Waals surface area contributed by atoms with Gasteiger partial charge in [0.05, 0.1) is 10.5 Å². The molecule has 1 atom stereocenters. The van der Waals surface area contributed by atoms with Gasteiger partial charge in [-0.15, -0.1) is 0 Å². The summed E-state index contributed by atoms with van der Waals surface area (Å²) >= 11 is 5.10. The van der Waals surface area contributed by atoms with Crippen LogP contribution in [0.15, 0.2) is 16.6 Å². The van der Waals surface area contributed by atoms with Crippen molar-refractivity contribution in [1.82, 2.24) is 5.32 Å². The van der Waals surface area contributed by atoms with E-state index in [0.717, 1.165) is 15.8 Å². The van der Waals surface area contributed by atoms with Gasteiger partial charge >= 0.3 is 0 Å². The lowest BCUT2D eigenvalue weighted by Crippen LogP contribution is -2.40. The van der Waals surface area contributed by atoms with Crippen LogP contribution in [0, 0.1) is 0 Å². The molecule has 110 valence electrons. The molecule has 0 spiro atoms. The number of halogens is 1. The van der Waals surface area contributed by atoms with E-state index in [9.17, 15) is 4.79 Å². The zero-order chi connectivity index (χ0) is 14.5. The lowest BCUT2D eigenvalue weighted by molar-refractivity contribution is -0.122. The minimum Gasteiger partial charge on any atom is -0.454 e. The molecule has 0 radical (unpaired) electrons. The van der Waals surface area contributed by atoms with Gasteiger partial charge in [-0.1, -0.05) is 0 Å². The van der Waals surface area contributed by atoms with Crippen molar-refractivity contribution in [2.24, 2.45) is 5.73 Å². The number of carbonyl (C=O) groups excluding carboxylic acids is 1. The first-order chi connectivity index (χ1) is 9.61. The van der Waals surface area contributed by atoms with Crippen LogP contribution in [0.25, 0.3) is 0 Å². The number of rotatable bonds is 6. The van der Waals surface area contributed by atoms with Gasteiger partial charge in [0.1, 0.15) is 0 Å². The first kappa shape index (κ1) is 15.5. The highest BCUT2D eigenvalue weighted by atomic mass is 79.9. The van der Waals surface area contributed by atoms with Crippen molar-refractivity contribution in [1.29, 1.82) is 0 Å². The Bertz CT molecular complexity index is 499. The van der Waals surface area contributed by atoms with E-state index in [-0.39, 0.29) is 12.7 Å². The number of amides is 1. The highest BCUT2D eigenvalue weighted by Gasteiger charge is 2.18. The van der Waals surface area contributed by atoms with E-state index in [4.69, 9.17) is 15.2 Å². The van der Waals surface area contributed by atoms with Crippen molar-refractivity contribution >= 4 is 33.6 Å². The standard InChI is InChI=1S/C13H17BrN2O3S/c1-20-3-2-10(15)13(17)16-6-8-4-9(14)12-11(5-8)18-7-19-12/h4-5,10H,2-3,6-7,15H2,1H3,(H,16,17). The van der Waals surface area contributed by atoms with E-state index in [2.05, 4.69) is 21.2 Å². The molecule has 2 rings (SSSR count). The van der Waals surface area contributed by atoms with Crippen molar-refractivity contribution in [3.8, 4) is 11.5 Å². The molecule has 1 aromatic rings. The average molecular weight is 361 g/mol. The van der Waals surface area contributed by atoms with Gasteiger partial charge in [-0.3, -0.25) is 4.79 Å². The Morgan fingerprint density at radius 3 is 3.10 bits per heavy atom. The van der Waals surface area contributed by atoms with Crippen molar-refractivity contribution < 1.29 is 14.3 Å². The molecule has 0 aliphatic carbocycles. The summed E-state index contributed by atoms with van der Waals surface area (Å²) in [6, 6.07) is 3.31. The van der Waals surface area contributed by atoms with Crippen LogP contribution in [0.5, 0.6) is 11.5 Å². The maximum Gasteiger partial charge on any atom is 0.237 e. The lowest BCUT2D eigenvalue weighted by atomic mass is 10.2. The Balaban J connectivity index is 1.91. The number of thioether (sulfide) groups is 1. The third kappa shape index (κ3) is 3.80. The van der Waals surface area contributed by atoms with Gasteiger partial charge in [-0.2, -0.15) is 11.8 Å². The van der Waals surface area contributed by atoms with Crippen LogP contribution in [0.3, 0.4) is 0 Å². The number of hydrogen-bond donors (Lipinski definition) is 2. The summed E-state index contributed by atoms with van der Waals surface area (Å²) in [7, 11) is 0. The van der Waals surface area contributed by atoms with Gasteiger partial charge in [0, 0.05) is 6.54 Å². The molecule has 0 saturated heterocycles. The second kappa shape index (κ2) is 7.19. The SMILES string of the molecule is CSCCC(N)C(=O)NCc1cc(Br)c2c(c1)OCO2. The smallest absolute Gasteiger partial charge is 0.237 e. The van der Waals surface area contributed by atoms with Crippen LogP contribution in [-0.4, -0.2) is 30.8 Å². The molecule has 1 unspecified atom stereocenters. The average Bonchev–Trinajstić information content (AvgIpc) is 2.91. The number of fused-ring (bicyclic) bond motifs is 1. The molecule has 0 bridgehead atoms. The van der Waals surface area contributed by atoms with Crippen molar-refractivity contribution in [3.05, 3.63) is 22.2 Å². The van der Waals surface area contributed by atoms with Crippen LogP contribution in [0.4, 0.5) is 0 Å². The predicted molar refractivity (Wildman–Crippen MR) is 83.1 cm³/mol. The van der Waals surface area contributed by atoms with E-state index < -0.39 is 6.04 Å². The van der Waals surface area contributed by atoms with Crippen LogP contribution in [0.2, 0.25) is 0 Å². The van der Waals surface area contributed by atoms with E-state index in [1.54, 1.807) is 11.8 Å². The Hall–Kier alpha value is -0.920. The van der Waals surface area contributed by atoms with E-state index in [1.807, 2.05) is 18.4 Å². The molecule has 0 saturated carbocycles. The molecule has 1 aromatic carbocycles. The molecule has 5 nitrogen and oxygen atoms in total. The monoisotopic (exact) mass is 360 g/mol. The fraction of sp³-hybridized carbons (Fsp3) is 0.462. The minimum atomic E-state index is -0.458. The molecule has 1 aliphatic heterocycles. The van der Waals surface area contributed by atoms with Crippen LogP contribution in [0.1, 0.15) is 12.0 Å². The van der Waals surface area contributed by atoms with E-state index >= 15 is 0 Å². The summed E-state index contributed by atoms with van der Waals surface area (Å²) in [6.45, 7) is 0.643. The highest BCUT2D eigenvalue weighted by Crippen LogP contribution is 2.39. The zero-order valence-electron chi connectivity index (χ0n) is 11.1. The second-order valence-electron chi connectivity index (χ2n) is 4.42. The molecular formula is C13H17BrN2O3S. The lowest BCUT2D eigenvalue weighted by Gasteiger charge is -2.12. The summed E-state index contributed by atoms with van der Waals surface area (Å²) in [6.07, 6.45) is 2.67. The molecule has 1 amide bonds. The molecule has 0 fully saturated rings. The Morgan fingerprint density at radius 1 is 1.55 bits per heavy atom. The van der Waals surface area contributed by atoms with Gasteiger partial charge in [-0.25, -0.2) is 0 Å². The number of hydrogen-bond acceptors (Lipinski definition) is 5. The molecule has 0 aromatic heterocycles. The van der Waals surface area contributed by atoms with Crippen LogP contribution >= 0.6 is 27.7 Å². The van der Waals surface area contributed by atoms with Crippen molar-refractivity contribution in [2.45, 2.75) is 19.0 Å². The van der Waals surface area contributed by atoms with Gasteiger partial charge in [0.15, 0.2) is 11.5 Å². The Kier molecular flexibility index (Phi) is 5.56. The normalized spacial score (nSPS) is 14.2. The Morgan fingerprint density at radius 2 is 2.35 bits per heavy atom. The number of ether oxygens (including phenoxy) is 2. The van der Waals surface area contributed by atoms with Gasteiger partial charge in [0.2, 0.25) is 12.7 Å². The molecule has 1 aliphatic rings. The summed E-state index contributed by atoms with van der Waals surface area (Å²) in [4.78, 5) is 11.8. The third-order valence-corrected chi connectivity index (χ3v) is 4.16. The first-order valence-electron chi connectivity index (χ1n) is 6.22.